The Kier molecular flexibility index (Phi) is 10.5. The number of carbonyl (C=O) groups excluding carboxylic acids is 2. The third kappa shape index (κ3) is 8.43. The summed E-state index contributed by atoms with van der Waals surface area (Å²) in [6, 6.07) is 21.1. The molecule has 0 aliphatic carbocycles. The number of carbonyl (C=O) groups is 2. The fourth-order valence-electron chi connectivity index (χ4n) is 4.89. The number of primary amides is 1. The van der Waals surface area contributed by atoms with Gasteiger partial charge in [0.05, 0.1) is 6.04 Å². The summed E-state index contributed by atoms with van der Waals surface area (Å²) in [5, 5.41) is 0. The van der Waals surface area contributed by atoms with Crippen molar-refractivity contribution >= 4 is 11.8 Å². The van der Waals surface area contributed by atoms with Gasteiger partial charge in [0.15, 0.2) is 0 Å². The lowest BCUT2D eigenvalue weighted by molar-refractivity contribution is -0.139. The van der Waals surface area contributed by atoms with Crippen LogP contribution in [0.2, 0.25) is 0 Å². The monoisotopic (exact) mass is 543 g/mol. The first-order valence-electron chi connectivity index (χ1n) is 14.1. The normalized spacial score (nSPS) is 13.0. The Morgan fingerprint density at radius 1 is 0.925 bits per heavy atom. The van der Waals surface area contributed by atoms with Crippen molar-refractivity contribution in [3.8, 4) is 5.75 Å². The topological polar surface area (TPSA) is 98.7 Å². The van der Waals surface area contributed by atoms with Crippen LogP contribution in [0.15, 0.2) is 66.7 Å². The Bertz CT molecular complexity index is 1260. The Balaban J connectivity index is 1.65. The predicted molar refractivity (Wildman–Crippen MR) is 162 cm³/mol. The summed E-state index contributed by atoms with van der Waals surface area (Å²) in [4.78, 5) is 27.0. The molecular weight excluding hydrogens is 498 g/mol. The van der Waals surface area contributed by atoms with Crippen molar-refractivity contribution in [1.82, 2.24) is 4.90 Å². The summed E-state index contributed by atoms with van der Waals surface area (Å²) in [6.07, 6.45) is 1.88. The zero-order valence-corrected chi connectivity index (χ0v) is 24.9. The lowest BCUT2D eigenvalue weighted by atomic mass is 9.87. The highest BCUT2D eigenvalue weighted by Crippen LogP contribution is 2.26. The molecule has 0 bridgehead atoms. The van der Waals surface area contributed by atoms with Crippen molar-refractivity contribution in [3.05, 3.63) is 100 Å². The van der Waals surface area contributed by atoms with E-state index in [9.17, 15) is 9.59 Å². The molecule has 40 heavy (non-hydrogen) atoms. The summed E-state index contributed by atoms with van der Waals surface area (Å²) in [6.45, 7) is 13.2. The van der Waals surface area contributed by atoms with Gasteiger partial charge in [-0.15, -0.1) is 0 Å². The SMILES string of the molecule is Cc1cc(OCc2ccc(C(C)(C)C)cc2)cc(C)c1C[C@H](N)C(=O)N(CCCc1ccccc1)[C@H](C)C(N)=O. The largest absolute Gasteiger partial charge is 0.489 e. The highest BCUT2D eigenvalue weighted by Gasteiger charge is 2.28. The van der Waals surface area contributed by atoms with Gasteiger partial charge in [0.2, 0.25) is 11.8 Å². The number of ether oxygens (including phenoxy) is 1. The highest BCUT2D eigenvalue weighted by atomic mass is 16.5. The van der Waals surface area contributed by atoms with Crippen LogP contribution in [0.5, 0.6) is 5.75 Å². The maximum atomic E-state index is 13.4. The molecule has 0 radical (unpaired) electrons. The van der Waals surface area contributed by atoms with Crippen molar-refractivity contribution in [2.75, 3.05) is 6.54 Å². The van der Waals surface area contributed by atoms with E-state index in [0.29, 0.717) is 26.0 Å². The van der Waals surface area contributed by atoms with Gasteiger partial charge in [0.1, 0.15) is 18.4 Å². The van der Waals surface area contributed by atoms with Crippen molar-refractivity contribution in [2.45, 2.75) is 84.9 Å². The van der Waals surface area contributed by atoms with E-state index in [4.69, 9.17) is 16.2 Å². The van der Waals surface area contributed by atoms with Gasteiger partial charge < -0.3 is 21.1 Å². The van der Waals surface area contributed by atoms with E-state index in [2.05, 4.69) is 57.2 Å². The van der Waals surface area contributed by atoms with E-state index in [1.165, 1.54) is 16.0 Å². The number of hydrogen-bond acceptors (Lipinski definition) is 4. The van der Waals surface area contributed by atoms with Crippen molar-refractivity contribution in [1.29, 1.82) is 0 Å². The predicted octanol–water partition coefficient (Wildman–Crippen LogP) is 5.38. The first-order chi connectivity index (χ1) is 18.9. The fraction of sp³-hybridized carbons (Fsp3) is 0.412. The number of amides is 2. The van der Waals surface area contributed by atoms with Gasteiger partial charge in [0, 0.05) is 6.54 Å². The van der Waals surface area contributed by atoms with Gasteiger partial charge in [-0.05, 0) is 91.0 Å². The minimum atomic E-state index is -0.788. The molecule has 4 N–H and O–H groups in total. The third-order valence-corrected chi connectivity index (χ3v) is 7.51. The lowest BCUT2D eigenvalue weighted by Crippen LogP contribution is -2.53. The average molecular weight is 544 g/mol. The molecular formula is C34H45N3O3. The maximum absolute atomic E-state index is 13.4. The van der Waals surface area contributed by atoms with Gasteiger partial charge >= 0.3 is 0 Å². The van der Waals surface area contributed by atoms with Crippen molar-refractivity contribution < 1.29 is 14.3 Å². The quantitative estimate of drug-likeness (QED) is 0.320. The van der Waals surface area contributed by atoms with Gasteiger partial charge in [-0.1, -0.05) is 75.4 Å². The highest BCUT2D eigenvalue weighted by molar-refractivity contribution is 5.89. The van der Waals surface area contributed by atoms with Crippen LogP contribution in [0, 0.1) is 13.8 Å². The molecule has 2 atom stereocenters. The molecule has 3 aromatic rings. The molecule has 0 fully saturated rings. The molecule has 0 aromatic heterocycles. The molecule has 6 nitrogen and oxygen atoms in total. The maximum Gasteiger partial charge on any atom is 0.240 e. The minimum absolute atomic E-state index is 0.114. The van der Waals surface area contributed by atoms with Crippen LogP contribution in [0.25, 0.3) is 0 Å². The number of benzene rings is 3. The molecule has 2 amide bonds. The lowest BCUT2D eigenvalue weighted by Gasteiger charge is -2.30. The molecule has 6 heteroatoms. The zero-order valence-electron chi connectivity index (χ0n) is 24.9. The van der Waals surface area contributed by atoms with Gasteiger partial charge in [0.25, 0.3) is 0 Å². The third-order valence-electron chi connectivity index (χ3n) is 7.51. The van der Waals surface area contributed by atoms with E-state index in [0.717, 1.165) is 34.4 Å². The summed E-state index contributed by atoms with van der Waals surface area (Å²) >= 11 is 0. The summed E-state index contributed by atoms with van der Waals surface area (Å²) in [7, 11) is 0. The standard InChI is InChI=1S/C34H45N3O3/c1-23-19-29(40-22-27-14-16-28(17-15-27)34(4,5)6)20-24(2)30(23)21-31(35)33(39)37(25(3)32(36)38)18-10-13-26-11-8-7-9-12-26/h7-9,11-12,14-17,19-20,25,31H,10,13,18,21-22,35H2,1-6H3,(H2,36,38)/t25-,31+/m1/s1. The summed E-state index contributed by atoms with van der Waals surface area (Å²) in [5.74, 6) is -0.0252. The Labute approximate surface area is 239 Å². The van der Waals surface area contributed by atoms with Gasteiger partial charge in [-0.25, -0.2) is 0 Å². The smallest absolute Gasteiger partial charge is 0.240 e. The molecule has 0 spiro atoms. The van der Waals surface area contributed by atoms with Crippen LogP contribution in [-0.2, 0) is 34.5 Å². The van der Waals surface area contributed by atoms with Crippen LogP contribution in [0.3, 0.4) is 0 Å². The van der Waals surface area contributed by atoms with Crippen molar-refractivity contribution in [3.63, 3.8) is 0 Å². The Morgan fingerprint density at radius 2 is 1.52 bits per heavy atom. The summed E-state index contributed by atoms with van der Waals surface area (Å²) < 4.78 is 6.11. The second kappa shape index (κ2) is 13.6. The molecule has 3 aromatic carbocycles. The second-order valence-electron chi connectivity index (χ2n) is 11.8. The average Bonchev–Trinajstić information content (AvgIpc) is 2.91. The molecule has 0 unspecified atom stereocenters. The molecule has 3 rings (SSSR count). The first kappa shape index (κ1) is 30.9. The molecule has 0 heterocycles. The van der Waals surface area contributed by atoms with Crippen LogP contribution in [-0.4, -0.2) is 35.3 Å². The van der Waals surface area contributed by atoms with E-state index in [1.54, 1.807) is 6.92 Å². The van der Waals surface area contributed by atoms with Gasteiger partial charge in [-0.3, -0.25) is 9.59 Å². The van der Waals surface area contributed by atoms with E-state index in [1.807, 2.05) is 44.2 Å². The molecule has 0 aliphatic heterocycles. The molecule has 0 saturated heterocycles. The first-order valence-corrected chi connectivity index (χ1v) is 14.1. The second-order valence-corrected chi connectivity index (χ2v) is 11.8. The van der Waals surface area contributed by atoms with Crippen LogP contribution >= 0.6 is 0 Å². The summed E-state index contributed by atoms with van der Waals surface area (Å²) in [5.41, 5.74) is 18.8. The number of rotatable bonds is 12. The van der Waals surface area contributed by atoms with Crippen LogP contribution < -0.4 is 16.2 Å². The molecule has 0 saturated carbocycles. The van der Waals surface area contributed by atoms with E-state index < -0.39 is 18.0 Å². The molecule has 214 valence electrons. The van der Waals surface area contributed by atoms with Crippen LogP contribution in [0.4, 0.5) is 0 Å². The fourth-order valence-corrected chi connectivity index (χ4v) is 4.89. The number of nitrogens with two attached hydrogens (primary N) is 2. The van der Waals surface area contributed by atoms with Crippen LogP contribution in [0.1, 0.15) is 67.5 Å². The zero-order chi connectivity index (χ0) is 29.4. The van der Waals surface area contributed by atoms with E-state index in [-0.39, 0.29) is 11.3 Å². The number of nitrogens with zero attached hydrogens (tertiary/aromatic N) is 1. The number of hydrogen-bond donors (Lipinski definition) is 2. The van der Waals surface area contributed by atoms with Gasteiger partial charge in [-0.2, -0.15) is 0 Å². The van der Waals surface area contributed by atoms with Crippen molar-refractivity contribution in [2.24, 2.45) is 11.5 Å². The van der Waals surface area contributed by atoms with E-state index >= 15 is 0 Å². The minimum Gasteiger partial charge on any atom is -0.489 e. The Hall–Kier alpha value is -3.64. The molecule has 0 aliphatic rings. The number of aryl methyl sites for hydroxylation is 3. The Morgan fingerprint density at radius 3 is 2.08 bits per heavy atom.